The van der Waals surface area contributed by atoms with E-state index in [1.807, 2.05) is 0 Å². The average Bonchev–Trinajstić information content (AvgIpc) is 2.41. The third kappa shape index (κ3) is 3.08. The molecule has 2 amide bonds. The number of nitrogens with zero attached hydrogens (tertiary/aromatic N) is 3. The summed E-state index contributed by atoms with van der Waals surface area (Å²) in [4.78, 5) is 34.4. The third-order valence-corrected chi connectivity index (χ3v) is 1.90. The van der Waals surface area contributed by atoms with Crippen LogP contribution in [-0.2, 0) is 9.59 Å². The summed E-state index contributed by atoms with van der Waals surface area (Å²) >= 11 is 0. The second-order valence-electron chi connectivity index (χ2n) is 3.20. The van der Waals surface area contributed by atoms with Crippen LogP contribution >= 0.6 is 0 Å². The van der Waals surface area contributed by atoms with Crippen LogP contribution in [0.3, 0.4) is 0 Å². The fraction of sp³-hybridized carbons (Fsp3) is 0. The van der Waals surface area contributed by atoms with Gasteiger partial charge < -0.3 is 5.32 Å². The summed E-state index contributed by atoms with van der Waals surface area (Å²) in [5.74, 6) is -1.32. The number of anilines is 2. The third-order valence-electron chi connectivity index (χ3n) is 1.90. The van der Waals surface area contributed by atoms with Crippen molar-refractivity contribution in [2.24, 2.45) is 0 Å². The molecule has 0 bridgehead atoms. The van der Waals surface area contributed by atoms with Gasteiger partial charge in [-0.25, -0.2) is 15.0 Å². The molecule has 2 N–H and O–H groups in total. The molecule has 0 saturated carbocycles. The maximum atomic E-state index is 11.5. The maximum Gasteiger partial charge on any atom is 0.316 e. The predicted octanol–water partition coefficient (Wildman–Crippen LogP) is 0.449. The van der Waals surface area contributed by atoms with E-state index in [0.717, 1.165) is 0 Å². The highest BCUT2D eigenvalue weighted by molar-refractivity contribution is 6.43. The molecule has 0 fully saturated rings. The Labute approximate surface area is 102 Å². The molecule has 18 heavy (non-hydrogen) atoms. The summed E-state index contributed by atoms with van der Waals surface area (Å²) in [6.07, 6.45) is 4.42. The number of carbonyl (C=O) groups excluding carboxylic acids is 2. The van der Waals surface area contributed by atoms with Crippen LogP contribution in [0.1, 0.15) is 0 Å². The van der Waals surface area contributed by atoms with Gasteiger partial charge in [-0.3, -0.25) is 14.9 Å². The molecule has 2 heterocycles. The first kappa shape index (κ1) is 11.6. The lowest BCUT2D eigenvalue weighted by Crippen LogP contribution is -2.30. The maximum absolute atomic E-state index is 11.5. The lowest BCUT2D eigenvalue weighted by molar-refractivity contribution is -0.133. The zero-order valence-electron chi connectivity index (χ0n) is 9.20. The SMILES string of the molecule is O=C(Nc1ccccn1)C(=O)Nc1ncccn1. The Balaban J connectivity index is 1.96. The highest BCUT2D eigenvalue weighted by Crippen LogP contribution is 2.00. The van der Waals surface area contributed by atoms with Crippen LogP contribution in [0.4, 0.5) is 11.8 Å². The monoisotopic (exact) mass is 243 g/mol. The number of nitrogens with one attached hydrogen (secondary N) is 2. The van der Waals surface area contributed by atoms with Crippen LogP contribution in [0.15, 0.2) is 42.9 Å². The minimum Gasteiger partial charge on any atom is -0.302 e. The molecule has 0 aliphatic carbocycles. The molecule has 0 aromatic carbocycles. The Morgan fingerprint density at radius 2 is 1.50 bits per heavy atom. The number of rotatable bonds is 2. The minimum absolute atomic E-state index is 0.0682. The van der Waals surface area contributed by atoms with Crippen LogP contribution < -0.4 is 10.6 Å². The van der Waals surface area contributed by atoms with Crippen molar-refractivity contribution in [1.82, 2.24) is 15.0 Å². The molecule has 2 aromatic rings. The average molecular weight is 243 g/mol. The smallest absolute Gasteiger partial charge is 0.302 e. The van der Waals surface area contributed by atoms with Crippen LogP contribution in [0.2, 0.25) is 0 Å². The highest BCUT2D eigenvalue weighted by atomic mass is 16.2. The van der Waals surface area contributed by atoms with Gasteiger partial charge in [0, 0.05) is 18.6 Å². The fourth-order valence-electron chi connectivity index (χ4n) is 1.13. The van der Waals surface area contributed by atoms with Crippen molar-refractivity contribution in [2.75, 3.05) is 10.6 Å². The molecule has 0 aliphatic heterocycles. The molecular weight excluding hydrogens is 234 g/mol. The van der Waals surface area contributed by atoms with E-state index < -0.39 is 11.8 Å². The van der Waals surface area contributed by atoms with E-state index in [1.54, 1.807) is 24.3 Å². The Morgan fingerprint density at radius 3 is 2.17 bits per heavy atom. The Bertz CT molecular complexity index is 492. The highest BCUT2D eigenvalue weighted by Gasteiger charge is 2.15. The lowest BCUT2D eigenvalue weighted by Gasteiger charge is -2.03. The van der Waals surface area contributed by atoms with E-state index in [-0.39, 0.29) is 5.95 Å². The molecule has 0 saturated heterocycles. The van der Waals surface area contributed by atoms with Gasteiger partial charge in [-0.2, -0.15) is 0 Å². The molecule has 7 heteroatoms. The van der Waals surface area contributed by atoms with E-state index in [2.05, 4.69) is 25.6 Å². The molecule has 0 spiro atoms. The molecule has 0 unspecified atom stereocenters. The van der Waals surface area contributed by atoms with Gasteiger partial charge in [0.15, 0.2) is 0 Å². The summed E-state index contributed by atoms with van der Waals surface area (Å²) in [6.45, 7) is 0. The quantitative estimate of drug-likeness (QED) is 0.746. The van der Waals surface area contributed by atoms with E-state index in [9.17, 15) is 9.59 Å². The predicted molar refractivity (Wildman–Crippen MR) is 63.5 cm³/mol. The van der Waals surface area contributed by atoms with Crippen LogP contribution in [-0.4, -0.2) is 26.8 Å². The lowest BCUT2D eigenvalue weighted by atomic mass is 10.4. The van der Waals surface area contributed by atoms with Gasteiger partial charge in [-0.15, -0.1) is 0 Å². The van der Waals surface area contributed by atoms with Crippen LogP contribution in [0, 0.1) is 0 Å². The van der Waals surface area contributed by atoms with Crippen LogP contribution in [0.25, 0.3) is 0 Å². The summed E-state index contributed by atoms with van der Waals surface area (Å²) in [5.41, 5.74) is 0. The molecule has 2 aromatic heterocycles. The van der Waals surface area contributed by atoms with Gasteiger partial charge in [0.1, 0.15) is 5.82 Å². The summed E-state index contributed by atoms with van der Waals surface area (Å²) in [6, 6.07) is 6.57. The first-order chi connectivity index (χ1) is 8.75. The van der Waals surface area contributed by atoms with E-state index in [0.29, 0.717) is 5.82 Å². The van der Waals surface area contributed by atoms with Gasteiger partial charge in [0.25, 0.3) is 0 Å². The second-order valence-corrected chi connectivity index (χ2v) is 3.20. The van der Waals surface area contributed by atoms with E-state index >= 15 is 0 Å². The number of hydrogen-bond donors (Lipinski definition) is 2. The molecule has 90 valence electrons. The van der Waals surface area contributed by atoms with Crippen molar-refractivity contribution in [2.45, 2.75) is 0 Å². The molecular formula is C11H9N5O2. The zero-order valence-corrected chi connectivity index (χ0v) is 9.20. The minimum atomic E-state index is -0.855. The van der Waals surface area contributed by atoms with Gasteiger partial charge in [0.05, 0.1) is 0 Å². The number of amides is 2. The van der Waals surface area contributed by atoms with Crippen molar-refractivity contribution in [3.63, 3.8) is 0 Å². The first-order valence-electron chi connectivity index (χ1n) is 5.06. The molecule has 0 radical (unpaired) electrons. The number of carbonyl (C=O) groups is 2. The fourth-order valence-corrected chi connectivity index (χ4v) is 1.13. The summed E-state index contributed by atoms with van der Waals surface area (Å²) in [5, 5.41) is 4.61. The van der Waals surface area contributed by atoms with Crippen molar-refractivity contribution in [3.8, 4) is 0 Å². The molecule has 0 atom stereocenters. The number of hydrogen-bond acceptors (Lipinski definition) is 5. The molecule has 2 rings (SSSR count). The van der Waals surface area contributed by atoms with Crippen molar-refractivity contribution < 1.29 is 9.59 Å². The van der Waals surface area contributed by atoms with Gasteiger partial charge in [-0.05, 0) is 18.2 Å². The second kappa shape index (κ2) is 5.48. The van der Waals surface area contributed by atoms with Gasteiger partial charge in [0.2, 0.25) is 5.95 Å². The Morgan fingerprint density at radius 1 is 0.833 bits per heavy atom. The number of pyridine rings is 1. The Hall–Kier alpha value is -2.83. The van der Waals surface area contributed by atoms with Crippen molar-refractivity contribution >= 4 is 23.6 Å². The van der Waals surface area contributed by atoms with Crippen molar-refractivity contribution in [1.29, 1.82) is 0 Å². The van der Waals surface area contributed by atoms with Crippen LogP contribution in [0.5, 0.6) is 0 Å². The van der Waals surface area contributed by atoms with Gasteiger partial charge in [-0.1, -0.05) is 6.07 Å². The normalized spacial score (nSPS) is 9.56. The van der Waals surface area contributed by atoms with E-state index in [4.69, 9.17) is 0 Å². The van der Waals surface area contributed by atoms with Gasteiger partial charge >= 0.3 is 11.8 Å². The largest absolute Gasteiger partial charge is 0.316 e. The van der Waals surface area contributed by atoms with E-state index in [1.165, 1.54) is 18.6 Å². The molecule has 7 nitrogen and oxygen atoms in total. The topological polar surface area (TPSA) is 96.9 Å². The molecule has 0 aliphatic rings. The summed E-state index contributed by atoms with van der Waals surface area (Å²) in [7, 11) is 0. The number of aromatic nitrogens is 3. The first-order valence-corrected chi connectivity index (χ1v) is 5.06. The summed E-state index contributed by atoms with van der Waals surface area (Å²) < 4.78 is 0. The van der Waals surface area contributed by atoms with Crippen molar-refractivity contribution in [3.05, 3.63) is 42.9 Å². The zero-order chi connectivity index (χ0) is 12.8. The standard InChI is InChI=1S/C11H9N5O2/c17-9(15-8-4-1-2-5-12-8)10(18)16-11-13-6-3-7-14-11/h1-7H,(H,12,15,17)(H,13,14,16,18). The Kier molecular flexibility index (Phi) is 3.55.